The van der Waals surface area contributed by atoms with Gasteiger partial charge in [-0.2, -0.15) is 0 Å². The molecule has 4 rings (SSSR count). The third-order valence-electron chi connectivity index (χ3n) is 7.88. The van der Waals surface area contributed by atoms with Gasteiger partial charge in [-0.25, -0.2) is 19.2 Å². The predicted octanol–water partition coefficient (Wildman–Crippen LogP) is 3.73. The maximum Gasteiger partial charge on any atom is 0.410 e. The van der Waals surface area contributed by atoms with Crippen molar-refractivity contribution in [2.75, 3.05) is 26.8 Å². The van der Waals surface area contributed by atoms with Crippen molar-refractivity contribution in [3.05, 3.63) is 41.0 Å². The molecule has 0 aliphatic carbocycles. The molecule has 0 unspecified atom stereocenters. The van der Waals surface area contributed by atoms with E-state index in [9.17, 15) is 24.0 Å². The molecule has 0 saturated carbocycles. The van der Waals surface area contributed by atoms with Crippen LogP contribution in [-0.2, 0) is 41.6 Å². The molecule has 1 aromatic carbocycles. The fourth-order valence-corrected chi connectivity index (χ4v) is 5.54. The maximum absolute atomic E-state index is 13.9. The van der Waals surface area contributed by atoms with Gasteiger partial charge in [0.05, 0.1) is 33.4 Å². The molecule has 1 saturated heterocycles. The van der Waals surface area contributed by atoms with Crippen molar-refractivity contribution in [2.45, 2.75) is 90.8 Å². The zero-order valence-electron chi connectivity index (χ0n) is 26.8. The minimum Gasteiger partial charge on any atom is -0.467 e. The lowest BCUT2D eigenvalue weighted by Crippen LogP contribution is -2.56. The SMILES string of the molecule is COC(=O)[C@@H]1C[C@@H]2CN1C(=O)[C@H](CNC(=O)OC(C)(C)C)NC(=O)OCC(C)(C)CCC=Cc1cccc3c1CN(C3)C(=O)O2. The highest BCUT2D eigenvalue weighted by Gasteiger charge is 2.45. The highest BCUT2D eigenvalue weighted by atomic mass is 16.6. The summed E-state index contributed by atoms with van der Waals surface area (Å²) in [4.78, 5) is 68.1. The molecule has 4 bridgehead atoms. The third-order valence-corrected chi connectivity index (χ3v) is 7.88. The Balaban J connectivity index is 1.60. The second kappa shape index (κ2) is 13.8. The molecule has 246 valence electrons. The normalized spacial score (nSPS) is 23.9. The van der Waals surface area contributed by atoms with E-state index in [2.05, 4.69) is 16.7 Å². The number of rotatable bonds is 3. The van der Waals surface area contributed by atoms with Gasteiger partial charge in [0, 0.05) is 13.0 Å². The summed E-state index contributed by atoms with van der Waals surface area (Å²) in [7, 11) is 1.20. The average molecular weight is 629 g/mol. The molecule has 3 atom stereocenters. The lowest BCUT2D eigenvalue weighted by molar-refractivity contribution is -0.151. The van der Waals surface area contributed by atoms with Crippen LogP contribution in [0.1, 0.15) is 70.6 Å². The van der Waals surface area contributed by atoms with E-state index in [1.807, 2.05) is 38.1 Å². The van der Waals surface area contributed by atoms with E-state index >= 15 is 0 Å². The molecular formula is C32H44N4O9. The first-order valence-corrected chi connectivity index (χ1v) is 15.2. The largest absolute Gasteiger partial charge is 0.467 e. The number of allylic oxidation sites excluding steroid dienone is 1. The number of ether oxygens (including phenoxy) is 4. The Bertz CT molecular complexity index is 1340. The minimum atomic E-state index is -1.32. The molecule has 3 heterocycles. The molecule has 0 aromatic heterocycles. The van der Waals surface area contributed by atoms with Crippen LogP contribution in [0.5, 0.6) is 0 Å². The molecule has 0 spiro atoms. The number of cyclic esters (lactones) is 1. The Morgan fingerprint density at radius 3 is 2.62 bits per heavy atom. The van der Waals surface area contributed by atoms with Crippen LogP contribution in [0.15, 0.2) is 24.3 Å². The predicted molar refractivity (Wildman–Crippen MR) is 163 cm³/mol. The molecule has 1 fully saturated rings. The topological polar surface area (TPSA) is 153 Å². The standard InChI is InChI=1S/C32H44N4O9/c1-31(2,3)45-28(39)33-15-24-26(37)36-17-22(14-25(36)27(38)42-6)44-30(41)35-16-21-12-9-11-20(23(21)18-35)10-7-8-13-32(4,5)19-43-29(40)34-24/h7,9-12,22,24-25H,8,13-19H2,1-6H3,(H,33,39)(H,34,40)/t22-,24+,25+/m1/s1. The van der Waals surface area contributed by atoms with Crippen molar-refractivity contribution in [1.82, 2.24) is 20.4 Å². The van der Waals surface area contributed by atoms with Gasteiger partial charge in [-0.3, -0.25) is 9.69 Å². The first-order valence-electron chi connectivity index (χ1n) is 15.2. The van der Waals surface area contributed by atoms with Crippen LogP contribution >= 0.6 is 0 Å². The number of amides is 4. The van der Waals surface area contributed by atoms with E-state index in [-0.39, 0.29) is 31.5 Å². The quantitative estimate of drug-likeness (QED) is 0.377. The Hall–Kier alpha value is -4.29. The van der Waals surface area contributed by atoms with Gasteiger partial charge in [-0.05, 0) is 55.7 Å². The van der Waals surface area contributed by atoms with Gasteiger partial charge < -0.3 is 34.5 Å². The van der Waals surface area contributed by atoms with Crippen LogP contribution < -0.4 is 10.6 Å². The number of fused-ring (bicyclic) bond motifs is 3. The maximum atomic E-state index is 13.9. The summed E-state index contributed by atoms with van der Waals surface area (Å²) in [6.07, 6.45) is 2.51. The van der Waals surface area contributed by atoms with E-state index in [0.29, 0.717) is 19.5 Å². The van der Waals surface area contributed by atoms with Crippen molar-refractivity contribution in [2.24, 2.45) is 5.41 Å². The number of benzene rings is 1. The van der Waals surface area contributed by atoms with Crippen LogP contribution in [-0.4, -0.2) is 90.6 Å². The van der Waals surface area contributed by atoms with Crippen LogP contribution in [0.25, 0.3) is 6.08 Å². The van der Waals surface area contributed by atoms with Crippen molar-refractivity contribution >= 4 is 36.2 Å². The zero-order chi connectivity index (χ0) is 32.9. The number of esters is 1. The summed E-state index contributed by atoms with van der Waals surface area (Å²) in [6.45, 7) is 9.38. The average Bonchev–Trinajstić information content (AvgIpc) is 3.59. The fraction of sp³-hybridized carbons (Fsp3) is 0.594. The second-order valence-corrected chi connectivity index (χ2v) is 13.4. The van der Waals surface area contributed by atoms with Crippen LogP contribution in [0, 0.1) is 5.41 Å². The number of alkyl carbamates (subject to hydrolysis) is 2. The summed E-state index contributed by atoms with van der Waals surface area (Å²) in [5, 5.41) is 5.04. The summed E-state index contributed by atoms with van der Waals surface area (Å²) >= 11 is 0. The lowest BCUT2D eigenvalue weighted by Gasteiger charge is -2.29. The van der Waals surface area contributed by atoms with E-state index in [1.165, 1.54) is 12.0 Å². The molecule has 3 aliphatic heterocycles. The number of carbonyl (C=O) groups is 5. The van der Waals surface area contributed by atoms with Crippen molar-refractivity contribution in [3.63, 3.8) is 0 Å². The molecule has 0 radical (unpaired) electrons. The van der Waals surface area contributed by atoms with Crippen LogP contribution in [0.3, 0.4) is 0 Å². The molecule has 1 aromatic rings. The summed E-state index contributed by atoms with van der Waals surface area (Å²) < 4.78 is 21.6. The second-order valence-electron chi connectivity index (χ2n) is 13.4. The molecule has 13 heteroatoms. The van der Waals surface area contributed by atoms with Crippen molar-refractivity contribution < 1.29 is 42.9 Å². The highest BCUT2D eigenvalue weighted by molar-refractivity contribution is 5.91. The van der Waals surface area contributed by atoms with Gasteiger partial charge in [-0.1, -0.05) is 44.2 Å². The van der Waals surface area contributed by atoms with Gasteiger partial charge in [0.25, 0.3) is 0 Å². The van der Waals surface area contributed by atoms with E-state index in [1.54, 1.807) is 25.7 Å². The highest BCUT2D eigenvalue weighted by Crippen LogP contribution is 2.30. The molecular weight excluding hydrogens is 584 g/mol. The Morgan fingerprint density at radius 1 is 1.16 bits per heavy atom. The number of hydrogen-bond acceptors (Lipinski definition) is 9. The summed E-state index contributed by atoms with van der Waals surface area (Å²) in [6, 6.07) is 3.53. The Labute approximate surface area is 263 Å². The Kier molecular flexibility index (Phi) is 10.3. The Morgan fingerprint density at radius 2 is 1.91 bits per heavy atom. The number of nitrogens with zero attached hydrogens (tertiary/aromatic N) is 2. The van der Waals surface area contributed by atoms with Crippen molar-refractivity contribution in [1.29, 1.82) is 0 Å². The summed E-state index contributed by atoms with van der Waals surface area (Å²) in [5.74, 6) is -1.39. The van der Waals surface area contributed by atoms with Crippen molar-refractivity contribution in [3.8, 4) is 0 Å². The molecule has 4 amide bonds. The first-order chi connectivity index (χ1) is 21.2. The van der Waals surface area contributed by atoms with Gasteiger partial charge in [-0.15, -0.1) is 0 Å². The first kappa shape index (κ1) is 33.6. The number of carbonyl (C=O) groups excluding carboxylic acids is 5. The van der Waals surface area contributed by atoms with Crippen LogP contribution in [0.4, 0.5) is 14.4 Å². The van der Waals surface area contributed by atoms with Crippen LogP contribution in [0.2, 0.25) is 0 Å². The van der Waals surface area contributed by atoms with Gasteiger partial charge in [0.15, 0.2) is 0 Å². The molecule has 2 N–H and O–H groups in total. The number of hydrogen-bond donors (Lipinski definition) is 2. The molecule has 13 nitrogen and oxygen atoms in total. The van der Waals surface area contributed by atoms with E-state index in [4.69, 9.17) is 18.9 Å². The monoisotopic (exact) mass is 628 g/mol. The minimum absolute atomic E-state index is 0.00375. The van der Waals surface area contributed by atoms with Gasteiger partial charge in [0.2, 0.25) is 5.91 Å². The smallest absolute Gasteiger partial charge is 0.410 e. The number of nitrogens with one attached hydrogen (secondary N) is 2. The van der Waals surface area contributed by atoms with E-state index in [0.717, 1.165) is 23.1 Å². The number of methoxy groups -OCH3 is 1. The van der Waals surface area contributed by atoms with E-state index < -0.39 is 53.9 Å². The zero-order valence-corrected chi connectivity index (χ0v) is 26.8. The molecule has 45 heavy (non-hydrogen) atoms. The van der Waals surface area contributed by atoms with Gasteiger partial charge in [0.1, 0.15) is 23.8 Å². The van der Waals surface area contributed by atoms with Gasteiger partial charge >= 0.3 is 24.2 Å². The fourth-order valence-electron chi connectivity index (χ4n) is 5.54. The lowest BCUT2D eigenvalue weighted by atomic mass is 9.88. The molecule has 3 aliphatic rings. The summed E-state index contributed by atoms with van der Waals surface area (Å²) in [5.41, 5.74) is 1.90. The third kappa shape index (κ3) is 8.89.